The Kier molecular flexibility index (Phi) is 4.65. The van der Waals surface area contributed by atoms with Crippen LogP contribution in [0.25, 0.3) is 0 Å². The number of thioether (sulfide) groups is 1. The minimum absolute atomic E-state index is 0.610. The normalized spacial score (nSPS) is 19.8. The summed E-state index contributed by atoms with van der Waals surface area (Å²) in [7, 11) is 0. The molecular formula is C15H24N4S. The van der Waals surface area contributed by atoms with Gasteiger partial charge in [-0.25, -0.2) is 9.97 Å². The summed E-state index contributed by atoms with van der Waals surface area (Å²) in [6.45, 7) is 5.40. The van der Waals surface area contributed by atoms with Crippen molar-refractivity contribution in [2.24, 2.45) is 0 Å². The largest absolute Gasteiger partial charge is 0.370 e. The third-order valence-corrected chi connectivity index (χ3v) is 4.82. The Morgan fingerprint density at radius 2 is 2.20 bits per heavy atom. The number of rotatable bonds is 5. The third kappa shape index (κ3) is 3.57. The predicted molar refractivity (Wildman–Crippen MR) is 86.9 cm³/mol. The van der Waals surface area contributed by atoms with Crippen molar-refractivity contribution >= 4 is 23.4 Å². The van der Waals surface area contributed by atoms with E-state index in [0.717, 1.165) is 43.5 Å². The molecule has 1 aromatic rings. The van der Waals surface area contributed by atoms with Gasteiger partial charge in [0.2, 0.25) is 0 Å². The van der Waals surface area contributed by atoms with Crippen molar-refractivity contribution in [3.05, 3.63) is 11.9 Å². The molecule has 3 rings (SSSR count). The molecule has 0 atom stereocenters. The van der Waals surface area contributed by atoms with Gasteiger partial charge in [-0.15, -0.1) is 0 Å². The molecule has 1 aliphatic heterocycles. The molecule has 2 aliphatic rings. The molecule has 2 heterocycles. The SMILES string of the molecule is CCCNc1cc(N2CCCSCC2)nc(C2CC2)n1. The van der Waals surface area contributed by atoms with Gasteiger partial charge in [0.15, 0.2) is 0 Å². The molecule has 5 heteroatoms. The molecule has 1 saturated carbocycles. The van der Waals surface area contributed by atoms with Gasteiger partial charge >= 0.3 is 0 Å². The summed E-state index contributed by atoms with van der Waals surface area (Å²) in [5.41, 5.74) is 0. The van der Waals surface area contributed by atoms with Crippen molar-refractivity contribution in [1.82, 2.24) is 9.97 Å². The fraction of sp³-hybridized carbons (Fsp3) is 0.733. The van der Waals surface area contributed by atoms with Gasteiger partial charge in [-0.2, -0.15) is 11.8 Å². The Morgan fingerprint density at radius 1 is 1.30 bits per heavy atom. The number of nitrogens with one attached hydrogen (secondary N) is 1. The fourth-order valence-electron chi connectivity index (χ4n) is 2.46. The van der Waals surface area contributed by atoms with E-state index in [1.54, 1.807) is 0 Å². The van der Waals surface area contributed by atoms with Crippen LogP contribution in [0, 0.1) is 0 Å². The van der Waals surface area contributed by atoms with Gasteiger partial charge in [0.1, 0.15) is 17.5 Å². The second kappa shape index (κ2) is 6.66. The standard InChI is InChI=1S/C15H24N4S/c1-2-6-16-13-11-14(18-15(17-13)12-4-5-12)19-7-3-9-20-10-8-19/h11-12H,2-10H2,1H3,(H,16,17,18). The number of hydrogen-bond donors (Lipinski definition) is 1. The second-order valence-corrected chi connectivity index (χ2v) is 6.85. The topological polar surface area (TPSA) is 41.0 Å². The second-order valence-electron chi connectivity index (χ2n) is 5.62. The lowest BCUT2D eigenvalue weighted by Crippen LogP contribution is -2.27. The number of anilines is 2. The van der Waals surface area contributed by atoms with Crippen LogP contribution in [0.3, 0.4) is 0 Å². The summed E-state index contributed by atoms with van der Waals surface area (Å²) in [6, 6.07) is 2.14. The fourth-order valence-corrected chi connectivity index (χ4v) is 3.34. The minimum Gasteiger partial charge on any atom is -0.370 e. The van der Waals surface area contributed by atoms with Gasteiger partial charge in [-0.1, -0.05) is 6.92 Å². The lowest BCUT2D eigenvalue weighted by Gasteiger charge is -2.22. The number of nitrogens with zero attached hydrogens (tertiary/aromatic N) is 3. The Balaban J connectivity index is 1.81. The summed E-state index contributed by atoms with van der Waals surface area (Å²) in [5, 5.41) is 3.43. The van der Waals surface area contributed by atoms with Crippen molar-refractivity contribution in [2.75, 3.05) is 41.4 Å². The van der Waals surface area contributed by atoms with E-state index in [1.165, 1.54) is 30.8 Å². The van der Waals surface area contributed by atoms with Gasteiger partial charge < -0.3 is 10.2 Å². The first-order chi connectivity index (χ1) is 9.86. The van der Waals surface area contributed by atoms with E-state index in [9.17, 15) is 0 Å². The van der Waals surface area contributed by atoms with Crippen LogP contribution in [-0.2, 0) is 0 Å². The lowest BCUT2D eigenvalue weighted by molar-refractivity contribution is 0.786. The Morgan fingerprint density at radius 3 is 3.00 bits per heavy atom. The summed E-state index contributed by atoms with van der Waals surface area (Å²) >= 11 is 2.05. The van der Waals surface area contributed by atoms with Crippen molar-refractivity contribution in [1.29, 1.82) is 0 Å². The van der Waals surface area contributed by atoms with Crippen molar-refractivity contribution in [3.8, 4) is 0 Å². The molecular weight excluding hydrogens is 268 g/mol. The Bertz CT molecular complexity index is 439. The van der Waals surface area contributed by atoms with Crippen LogP contribution in [0.15, 0.2) is 6.07 Å². The quantitative estimate of drug-likeness (QED) is 0.903. The monoisotopic (exact) mass is 292 g/mol. The van der Waals surface area contributed by atoms with Gasteiger partial charge in [-0.3, -0.25) is 0 Å². The highest BCUT2D eigenvalue weighted by Gasteiger charge is 2.28. The van der Waals surface area contributed by atoms with Crippen LogP contribution in [-0.4, -0.2) is 41.1 Å². The predicted octanol–water partition coefficient (Wildman–Crippen LogP) is 3.12. The summed E-state index contributed by atoms with van der Waals surface area (Å²) in [5.74, 6) is 6.29. The molecule has 0 unspecified atom stereocenters. The zero-order valence-corrected chi connectivity index (χ0v) is 13.1. The highest BCUT2D eigenvalue weighted by molar-refractivity contribution is 7.99. The van der Waals surface area contributed by atoms with E-state index in [2.05, 4.69) is 35.0 Å². The summed E-state index contributed by atoms with van der Waals surface area (Å²) in [6.07, 6.45) is 4.89. The maximum Gasteiger partial charge on any atom is 0.136 e. The molecule has 1 saturated heterocycles. The van der Waals surface area contributed by atoms with Gasteiger partial charge in [-0.05, 0) is 31.4 Å². The van der Waals surface area contributed by atoms with Crippen LogP contribution in [0.5, 0.6) is 0 Å². The maximum absolute atomic E-state index is 4.83. The first-order valence-electron chi connectivity index (χ1n) is 7.82. The molecule has 4 nitrogen and oxygen atoms in total. The van der Waals surface area contributed by atoms with Crippen LogP contribution in [0.1, 0.15) is 44.3 Å². The van der Waals surface area contributed by atoms with E-state index < -0.39 is 0 Å². The molecule has 0 radical (unpaired) electrons. The van der Waals surface area contributed by atoms with E-state index in [-0.39, 0.29) is 0 Å². The van der Waals surface area contributed by atoms with Crippen LogP contribution in [0.2, 0.25) is 0 Å². The average molecular weight is 292 g/mol. The summed E-state index contributed by atoms with van der Waals surface area (Å²) in [4.78, 5) is 12.0. The number of aromatic nitrogens is 2. The molecule has 0 bridgehead atoms. The molecule has 0 aromatic carbocycles. The molecule has 0 amide bonds. The van der Waals surface area contributed by atoms with Gasteiger partial charge in [0.05, 0.1) is 0 Å². The molecule has 20 heavy (non-hydrogen) atoms. The molecule has 110 valence electrons. The number of hydrogen-bond acceptors (Lipinski definition) is 5. The van der Waals surface area contributed by atoms with Crippen molar-refractivity contribution in [3.63, 3.8) is 0 Å². The van der Waals surface area contributed by atoms with Crippen LogP contribution in [0.4, 0.5) is 11.6 Å². The van der Waals surface area contributed by atoms with Gasteiger partial charge in [0.25, 0.3) is 0 Å². The molecule has 1 aliphatic carbocycles. The first-order valence-corrected chi connectivity index (χ1v) is 8.98. The molecule has 1 aromatic heterocycles. The zero-order chi connectivity index (χ0) is 13.8. The van der Waals surface area contributed by atoms with Crippen molar-refractivity contribution in [2.45, 2.75) is 38.5 Å². The molecule has 1 N–H and O–H groups in total. The van der Waals surface area contributed by atoms with Crippen LogP contribution < -0.4 is 10.2 Å². The third-order valence-electron chi connectivity index (χ3n) is 3.77. The van der Waals surface area contributed by atoms with Crippen LogP contribution >= 0.6 is 11.8 Å². The highest BCUT2D eigenvalue weighted by atomic mass is 32.2. The molecule has 2 fully saturated rings. The van der Waals surface area contributed by atoms with Crippen molar-refractivity contribution < 1.29 is 0 Å². The smallest absolute Gasteiger partial charge is 0.136 e. The van der Waals surface area contributed by atoms with E-state index in [1.807, 2.05) is 0 Å². The van der Waals surface area contributed by atoms with Gasteiger partial charge in [0, 0.05) is 37.4 Å². The lowest BCUT2D eigenvalue weighted by atomic mass is 10.3. The van der Waals surface area contributed by atoms with E-state index >= 15 is 0 Å². The highest BCUT2D eigenvalue weighted by Crippen LogP contribution is 2.39. The molecule has 0 spiro atoms. The Labute approximate surface area is 125 Å². The minimum atomic E-state index is 0.610. The Hall–Kier alpha value is -0.970. The average Bonchev–Trinajstić information content (AvgIpc) is 3.30. The summed E-state index contributed by atoms with van der Waals surface area (Å²) < 4.78 is 0. The van der Waals surface area contributed by atoms with E-state index in [4.69, 9.17) is 9.97 Å². The van der Waals surface area contributed by atoms with E-state index in [0.29, 0.717) is 5.92 Å². The zero-order valence-electron chi connectivity index (χ0n) is 12.3. The maximum atomic E-state index is 4.83. The first kappa shape index (κ1) is 14.0.